The number of hydrogen-bond acceptors (Lipinski definition) is 4. The van der Waals surface area contributed by atoms with Crippen molar-refractivity contribution in [2.45, 2.75) is 6.92 Å². The van der Waals surface area contributed by atoms with E-state index in [-0.39, 0.29) is 5.91 Å². The Bertz CT molecular complexity index is 1100. The summed E-state index contributed by atoms with van der Waals surface area (Å²) in [5, 5.41) is 10.4. The number of carbonyl (C=O) groups is 1. The molecule has 0 spiro atoms. The van der Waals surface area contributed by atoms with Crippen molar-refractivity contribution < 1.29 is 4.79 Å². The predicted molar refractivity (Wildman–Crippen MR) is 109 cm³/mol. The molecular weight excluding hydrogens is 380 g/mol. The molecule has 4 aromatic rings. The fraction of sp³-hybridized carbons (Fsp3) is 0.0500. The van der Waals surface area contributed by atoms with Crippen LogP contribution in [0, 0.1) is 6.92 Å². The largest absolute Gasteiger partial charge is 0.320 e. The van der Waals surface area contributed by atoms with Crippen LogP contribution in [0.2, 0.25) is 5.02 Å². The van der Waals surface area contributed by atoms with Gasteiger partial charge in [-0.3, -0.25) is 4.79 Å². The first-order valence-electron chi connectivity index (χ1n) is 8.23. The lowest BCUT2D eigenvalue weighted by atomic mass is 10.2. The summed E-state index contributed by atoms with van der Waals surface area (Å²) in [5.74, 6) is -0.252. The summed E-state index contributed by atoms with van der Waals surface area (Å²) in [6.07, 6.45) is 3.65. The van der Waals surface area contributed by atoms with Crippen LogP contribution in [-0.4, -0.2) is 20.7 Å². The molecule has 5 nitrogen and oxygen atoms in total. The molecule has 0 saturated heterocycles. The third-order valence-corrected chi connectivity index (χ3v) is 5.15. The van der Waals surface area contributed by atoms with E-state index in [1.165, 1.54) is 11.3 Å². The zero-order chi connectivity index (χ0) is 18.8. The van der Waals surface area contributed by atoms with Crippen LogP contribution in [0.4, 0.5) is 5.69 Å². The van der Waals surface area contributed by atoms with E-state index in [0.29, 0.717) is 10.7 Å². The van der Waals surface area contributed by atoms with E-state index in [9.17, 15) is 4.79 Å². The molecule has 134 valence electrons. The Hall–Kier alpha value is -2.96. The zero-order valence-electron chi connectivity index (χ0n) is 14.4. The van der Waals surface area contributed by atoms with Crippen LogP contribution >= 0.6 is 22.9 Å². The maximum atomic E-state index is 12.5. The van der Waals surface area contributed by atoms with E-state index in [4.69, 9.17) is 11.6 Å². The van der Waals surface area contributed by atoms with Gasteiger partial charge in [-0.05, 0) is 42.8 Å². The molecule has 0 bridgehead atoms. The van der Waals surface area contributed by atoms with Crippen molar-refractivity contribution in [2.75, 3.05) is 5.32 Å². The summed E-state index contributed by atoms with van der Waals surface area (Å²) in [6.45, 7) is 1.89. The molecule has 1 N–H and O–H groups in total. The molecule has 0 aliphatic heterocycles. The SMILES string of the molecule is Cc1cc(Cl)ccc1NC(=O)c1csc(-c2cnn(-c3ccccc3)c2)n1. The third kappa shape index (κ3) is 3.77. The van der Waals surface area contributed by atoms with Crippen LogP contribution in [0.1, 0.15) is 16.1 Å². The summed E-state index contributed by atoms with van der Waals surface area (Å²) >= 11 is 7.37. The van der Waals surface area contributed by atoms with E-state index < -0.39 is 0 Å². The van der Waals surface area contributed by atoms with Crippen molar-refractivity contribution in [1.29, 1.82) is 0 Å². The van der Waals surface area contributed by atoms with Gasteiger partial charge in [-0.15, -0.1) is 11.3 Å². The lowest BCUT2D eigenvalue weighted by Gasteiger charge is -2.07. The normalized spacial score (nSPS) is 10.7. The molecule has 7 heteroatoms. The number of nitrogens with zero attached hydrogens (tertiary/aromatic N) is 3. The molecule has 2 heterocycles. The number of benzene rings is 2. The van der Waals surface area contributed by atoms with Gasteiger partial charge in [0.2, 0.25) is 0 Å². The van der Waals surface area contributed by atoms with E-state index in [1.54, 1.807) is 28.4 Å². The average molecular weight is 395 g/mol. The Kier molecular flexibility index (Phi) is 4.75. The molecule has 2 aromatic heterocycles. The number of amides is 1. The molecule has 0 aliphatic carbocycles. The summed E-state index contributed by atoms with van der Waals surface area (Å²) in [6, 6.07) is 15.2. The van der Waals surface area contributed by atoms with Crippen LogP contribution in [-0.2, 0) is 0 Å². The number of nitrogens with one attached hydrogen (secondary N) is 1. The second kappa shape index (κ2) is 7.34. The van der Waals surface area contributed by atoms with Crippen molar-refractivity contribution in [2.24, 2.45) is 0 Å². The maximum absolute atomic E-state index is 12.5. The van der Waals surface area contributed by atoms with Gasteiger partial charge in [0.25, 0.3) is 5.91 Å². The second-order valence-electron chi connectivity index (χ2n) is 5.96. The van der Waals surface area contributed by atoms with Gasteiger partial charge in [-0.2, -0.15) is 5.10 Å². The number of halogens is 1. The van der Waals surface area contributed by atoms with Gasteiger partial charge in [-0.25, -0.2) is 9.67 Å². The fourth-order valence-electron chi connectivity index (χ4n) is 2.62. The molecule has 1 amide bonds. The Morgan fingerprint density at radius 3 is 2.78 bits per heavy atom. The van der Waals surface area contributed by atoms with E-state index in [1.807, 2.05) is 49.5 Å². The summed E-state index contributed by atoms with van der Waals surface area (Å²) in [4.78, 5) is 17.0. The highest BCUT2D eigenvalue weighted by molar-refractivity contribution is 7.13. The smallest absolute Gasteiger partial charge is 0.275 e. The Balaban J connectivity index is 1.53. The molecule has 0 saturated carbocycles. The highest BCUT2D eigenvalue weighted by atomic mass is 35.5. The minimum atomic E-state index is -0.252. The number of aromatic nitrogens is 3. The van der Waals surface area contributed by atoms with Crippen LogP contribution in [0.15, 0.2) is 66.3 Å². The number of para-hydroxylation sites is 1. The van der Waals surface area contributed by atoms with Crippen molar-refractivity contribution in [3.8, 4) is 16.3 Å². The van der Waals surface area contributed by atoms with Gasteiger partial charge in [-0.1, -0.05) is 29.8 Å². The Morgan fingerprint density at radius 1 is 1.19 bits per heavy atom. The molecule has 0 aliphatic rings. The Labute approximate surface area is 165 Å². The number of aryl methyl sites for hydroxylation is 1. The van der Waals surface area contributed by atoms with Crippen LogP contribution in [0.25, 0.3) is 16.3 Å². The van der Waals surface area contributed by atoms with E-state index in [2.05, 4.69) is 15.4 Å². The second-order valence-corrected chi connectivity index (χ2v) is 7.25. The molecule has 0 unspecified atom stereocenters. The highest BCUT2D eigenvalue weighted by Gasteiger charge is 2.14. The van der Waals surface area contributed by atoms with Gasteiger partial charge < -0.3 is 5.32 Å². The van der Waals surface area contributed by atoms with Gasteiger partial charge in [0.15, 0.2) is 0 Å². The first-order chi connectivity index (χ1) is 13.1. The average Bonchev–Trinajstić information content (AvgIpc) is 3.34. The van der Waals surface area contributed by atoms with Crippen LogP contribution in [0.5, 0.6) is 0 Å². The minimum Gasteiger partial charge on any atom is -0.320 e. The van der Waals surface area contributed by atoms with Crippen molar-refractivity contribution in [1.82, 2.24) is 14.8 Å². The first-order valence-corrected chi connectivity index (χ1v) is 9.49. The summed E-state index contributed by atoms with van der Waals surface area (Å²) in [7, 11) is 0. The van der Waals surface area contributed by atoms with E-state index in [0.717, 1.165) is 27.5 Å². The topological polar surface area (TPSA) is 59.8 Å². The van der Waals surface area contributed by atoms with Crippen LogP contribution in [0.3, 0.4) is 0 Å². The van der Waals surface area contributed by atoms with Gasteiger partial charge in [0.05, 0.1) is 11.9 Å². The fourth-order valence-corrected chi connectivity index (χ4v) is 3.62. The number of hydrogen-bond donors (Lipinski definition) is 1. The van der Waals surface area contributed by atoms with E-state index >= 15 is 0 Å². The molecule has 0 atom stereocenters. The number of thiazole rings is 1. The number of anilines is 1. The quantitative estimate of drug-likeness (QED) is 0.516. The molecule has 0 radical (unpaired) electrons. The van der Waals surface area contributed by atoms with Crippen molar-refractivity contribution >= 4 is 34.5 Å². The minimum absolute atomic E-state index is 0.252. The standard InChI is InChI=1S/C20H15ClN4OS/c1-13-9-15(21)7-8-17(13)23-19(26)18-12-27-20(24-18)14-10-22-25(11-14)16-5-3-2-4-6-16/h2-12H,1H3,(H,23,26). The lowest BCUT2D eigenvalue weighted by molar-refractivity contribution is 0.102. The molecule has 2 aromatic carbocycles. The zero-order valence-corrected chi connectivity index (χ0v) is 16.0. The van der Waals surface area contributed by atoms with Crippen LogP contribution < -0.4 is 5.32 Å². The van der Waals surface area contributed by atoms with Gasteiger partial charge in [0.1, 0.15) is 10.7 Å². The highest BCUT2D eigenvalue weighted by Crippen LogP contribution is 2.25. The lowest BCUT2D eigenvalue weighted by Crippen LogP contribution is -2.13. The van der Waals surface area contributed by atoms with Gasteiger partial charge in [0, 0.05) is 27.9 Å². The van der Waals surface area contributed by atoms with Gasteiger partial charge >= 0.3 is 0 Å². The number of rotatable bonds is 4. The maximum Gasteiger partial charge on any atom is 0.275 e. The summed E-state index contributed by atoms with van der Waals surface area (Å²) in [5.41, 5.74) is 3.82. The molecular formula is C20H15ClN4OS. The molecule has 0 fully saturated rings. The monoisotopic (exact) mass is 394 g/mol. The molecule has 27 heavy (non-hydrogen) atoms. The number of carbonyl (C=O) groups excluding carboxylic acids is 1. The third-order valence-electron chi connectivity index (χ3n) is 4.02. The Morgan fingerprint density at radius 2 is 2.00 bits per heavy atom. The van der Waals surface area contributed by atoms with Crippen molar-refractivity contribution in [3.63, 3.8) is 0 Å². The molecule has 4 rings (SSSR count). The first kappa shape index (κ1) is 17.5. The van der Waals surface area contributed by atoms with Crippen molar-refractivity contribution in [3.05, 3.63) is 82.6 Å². The summed E-state index contributed by atoms with van der Waals surface area (Å²) < 4.78 is 1.79. The predicted octanol–water partition coefficient (Wildman–Crippen LogP) is 5.21.